The van der Waals surface area contributed by atoms with Crippen LogP contribution >= 0.6 is 0 Å². The van der Waals surface area contributed by atoms with Gasteiger partial charge in [-0.1, -0.05) is 18.2 Å². The largest absolute Gasteiger partial charge is 0.495 e. The van der Waals surface area contributed by atoms with Crippen LogP contribution in [0.1, 0.15) is 16.8 Å². The van der Waals surface area contributed by atoms with Crippen LogP contribution in [0.2, 0.25) is 0 Å². The highest BCUT2D eigenvalue weighted by atomic mass is 16.5. The van der Waals surface area contributed by atoms with Crippen molar-refractivity contribution in [2.24, 2.45) is 0 Å². The van der Waals surface area contributed by atoms with Gasteiger partial charge >= 0.3 is 0 Å². The molecule has 0 saturated carbocycles. The van der Waals surface area contributed by atoms with Crippen LogP contribution < -0.4 is 9.47 Å². The van der Waals surface area contributed by atoms with Crippen LogP contribution in [0.5, 0.6) is 11.5 Å². The molecule has 1 aromatic heterocycles. The zero-order valence-corrected chi connectivity index (χ0v) is 18.0. The smallest absolute Gasteiger partial charge is 0.246 e. The quantitative estimate of drug-likeness (QED) is 0.537. The van der Waals surface area contributed by atoms with Crippen LogP contribution in [0, 0.1) is 6.92 Å². The van der Waals surface area contributed by atoms with Crippen LogP contribution in [0.15, 0.2) is 61.1 Å². The molecule has 1 amide bonds. The Labute approximate surface area is 182 Å². The van der Waals surface area contributed by atoms with E-state index >= 15 is 0 Å². The molecule has 1 N–H and O–H groups in total. The fourth-order valence-electron chi connectivity index (χ4n) is 3.11. The Morgan fingerprint density at radius 1 is 1.26 bits per heavy atom. The Balaban J connectivity index is 1.66. The standard InChI is InChI=1S/C24H27N3O4/c1-18-15-27(17-25-18)22-9-7-19(14-23(22)30-3)8-10-24(29)26(2)16-20-5-4-6-21(13-20)31-12-11-28/h4-10,13-15,17,28H,11-12,16H2,1-3H3/b10-8+. The fourth-order valence-corrected chi connectivity index (χ4v) is 3.11. The van der Waals surface area contributed by atoms with Crippen molar-refractivity contribution in [2.45, 2.75) is 13.5 Å². The lowest BCUT2D eigenvalue weighted by atomic mass is 10.1. The number of imidazole rings is 1. The van der Waals surface area contributed by atoms with Crippen molar-refractivity contribution in [3.63, 3.8) is 0 Å². The number of likely N-dealkylation sites (N-methyl/N-ethyl adjacent to an activating group) is 1. The molecule has 0 unspecified atom stereocenters. The molecule has 162 valence electrons. The van der Waals surface area contributed by atoms with E-state index in [4.69, 9.17) is 14.6 Å². The van der Waals surface area contributed by atoms with E-state index in [0.717, 1.165) is 22.5 Å². The maximum absolute atomic E-state index is 12.6. The SMILES string of the molecule is COc1cc(/C=C/C(=O)N(C)Cc2cccc(OCCO)c2)ccc1-n1cnc(C)c1. The Bertz CT molecular complexity index is 1060. The number of hydrogen-bond acceptors (Lipinski definition) is 5. The van der Waals surface area contributed by atoms with Gasteiger partial charge < -0.3 is 24.0 Å². The normalized spacial score (nSPS) is 11.0. The number of benzene rings is 2. The van der Waals surface area contributed by atoms with Crippen molar-refractivity contribution in [3.8, 4) is 17.2 Å². The molecule has 3 rings (SSSR count). The van der Waals surface area contributed by atoms with E-state index in [1.54, 1.807) is 37.5 Å². The minimum atomic E-state index is -0.116. The van der Waals surface area contributed by atoms with E-state index in [0.29, 0.717) is 18.0 Å². The molecule has 7 heteroatoms. The second-order valence-electron chi connectivity index (χ2n) is 7.10. The number of ether oxygens (including phenoxy) is 2. The molecule has 0 radical (unpaired) electrons. The maximum atomic E-state index is 12.6. The molecular weight excluding hydrogens is 394 g/mol. The summed E-state index contributed by atoms with van der Waals surface area (Å²) in [6, 6.07) is 13.2. The van der Waals surface area contributed by atoms with Gasteiger partial charge in [-0.25, -0.2) is 4.98 Å². The number of aliphatic hydroxyl groups is 1. The van der Waals surface area contributed by atoms with Crippen LogP contribution in [0.25, 0.3) is 11.8 Å². The van der Waals surface area contributed by atoms with Crippen molar-refractivity contribution in [1.29, 1.82) is 0 Å². The van der Waals surface area contributed by atoms with E-state index in [-0.39, 0.29) is 19.1 Å². The lowest BCUT2D eigenvalue weighted by molar-refractivity contribution is -0.125. The third-order valence-electron chi connectivity index (χ3n) is 4.67. The number of nitrogens with zero attached hydrogens (tertiary/aromatic N) is 3. The summed E-state index contributed by atoms with van der Waals surface area (Å²) in [5.41, 5.74) is 3.61. The maximum Gasteiger partial charge on any atom is 0.246 e. The van der Waals surface area contributed by atoms with Crippen molar-refractivity contribution < 1.29 is 19.4 Å². The van der Waals surface area contributed by atoms with Gasteiger partial charge in [-0.3, -0.25) is 4.79 Å². The minimum absolute atomic E-state index is 0.0405. The molecular formula is C24H27N3O4. The molecule has 7 nitrogen and oxygen atoms in total. The number of aryl methyl sites for hydroxylation is 1. The van der Waals surface area contributed by atoms with Gasteiger partial charge in [0.1, 0.15) is 18.1 Å². The summed E-state index contributed by atoms with van der Waals surface area (Å²) in [7, 11) is 3.37. The molecule has 2 aromatic carbocycles. The van der Waals surface area contributed by atoms with Gasteiger partial charge in [0, 0.05) is 25.9 Å². The summed E-state index contributed by atoms with van der Waals surface area (Å²) in [4.78, 5) is 18.4. The molecule has 0 aliphatic rings. The van der Waals surface area contributed by atoms with Crippen molar-refractivity contribution in [2.75, 3.05) is 27.4 Å². The first-order valence-electron chi connectivity index (χ1n) is 9.95. The van der Waals surface area contributed by atoms with Gasteiger partial charge in [0.15, 0.2) is 0 Å². The summed E-state index contributed by atoms with van der Waals surface area (Å²) < 4.78 is 12.8. The molecule has 0 saturated heterocycles. The van der Waals surface area contributed by atoms with Gasteiger partial charge in [0.25, 0.3) is 0 Å². The predicted octanol–water partition coefficient (Wildman–Crippen LogP) is 3.23. The first-order valence-corrected chi connectivity index (χ1v) is 9.95. The van der Waals surface area contributed by atoms with Crippen molar-refractivity contribution in [3.05, 3.63) is 77.9 Å². The molecule has 0 bridgehead atoms. The van der Waals surface area contributed by atoms with Crippen molar-refractivity contribution in [1.82, 2.24) is 14.5 Å². The Kier molecular flexibility index (Phi) is 7.45. The lowest BCUT2D eigenvalue weighted by Crippen LogP contribution is -2.24. The van der Waals surface area contributed by atoms with E-state index in [1.165, 1.54) is 0 Å². The first-order chi connectivity index (χ1) is 15.0. The van der Waals surface area contributed by atoms with Crippen LogP contribution in [-0.4, -0.2) is 52.8 Å². The van der Waals surface area contributed by atoms with Gasteiger partial charge in [-0.05, 0) is 48.4 Å². The number of carbonyl (C=O) groups is 1. The zero-order valence-electron chi connectivity index (χ0n) is 18.0. The molecule has 0 fully saturated rings. The van der Waals surface area contributed by atoms with E-state index in [1.807, 2.05) is 60.2 Å². The van der Waals surface area contributed by atoms with Gasteiger partial charge in [-0.15, -0.1) is 0 Å². The second kappa shape index (κ2) is 10.4. The number of methoxy groups -OCH3 is 1. The number of aliphatic hydroxyl groups excluding tert-OH is 1. The monoisotopic (exact) mass is 421 g/mol. The third kappa shape index (κ3) is 5.96. The number of aromatic nitrogens is 2. The average Bonchev–Trinajstić information content (AvgIpc) is 3.22. The fraction of sp³-hybridized carbons (Fsp3) is 0.250. The summed E-state index contributed by atoms with van der Waals surface area (Å²) >= 11 is 0. The van der Waals surface area contributed by atoms with E-state index < -0.39 is 0 Å². The van der Waals surface area contributed by atoms with Crippen LogP contribution in [-0.2, 0) is 11.3 Å². The Hall–Kier alpha value is -3.58. The predicted molar refractivity (Wildman–Crippen MR) is 119 cm³/mol. The van der Waals surface area contributed by atoms with Crippen LogP contribution in [0.4, 0.5) is 0 Å². The topological polar surface area (TPSA) is 76.8 Å². The lowest BCUT2D eigenvalue weighted by Gasteiger charge is -2.16. The first kappa shape index (κ1) is 22.1. The number of hydrogen-bond donors (Lipinski definition) is 1. The average molecular weight is 421 g/mol. The number of carbonyl (C=O) groups excluding carboxylic acids is 1. The highest BCUT2D eigenvalue weighted by Crippen LogP contribution is 2.25. The van der Waals surface area contributed by atoms with E-state index in [9.17, 15) is 4.79 Å². The Morgan fingerprint density at radius 3 is 2.81 bits per heavy atom. The number of rotatable bonds is 9. The molecule has 1 heterocycles. The van der Waals surface area contributed by atoms with Crippen LogP contribution in [0.3, 0.4) is 0 Å². The molecule has 0 aliphatic carbocycles. The van der Waals surface area contributed by atoms with Gasteiger partial charge in [0.05, 0.1) is 31.4 Å². The molecule has 0 spiro atoms. The summed E-state index contributed by atoms with van der Waals surface area (Å²) in [6.07, 6.45) is 6.98. The van der Waals surface area contributed by atoms with Gasteiger partial charge in [-0.2, -0.15) is 0 Å². The molecule has 31 heavy (non-hydrogen) atoms. The highest BCUT2D eigenvalue weighted by Gasteiger charge is 2.09. The molecule has 0 aliphatic heterocycles. The summed E-state index contributed by atoms with van der Waals surface area (Å²) in [6.45, 7) is 2.58. The van der Waals surface area contributed by atoms with Crippen molar-refractivity contribution >= 4 is 12.0 Å². The third-order valence-corrected chi connectivity index (χ3v) is 4.67. The summed E-state index contributed by atoms with van der Waals surface area (Å²) in [5.74, 6) is 1.25. The zero-order chi connectivity index (χ0) is 22.2. The minimum Gasteiger partial charge on any atom is -0.495 e. The molecule has 3 aromatic rings. The number of amides is 1. The van der Waals surface area contributed by atoms with E-state index in [2.05, 4.69) is 4.98 Å². The highest BCUT2D eigenvalue weighted by molar-refractivity contribution is 5.91. The Morgan fingerprint density at radius 2 is 2.10 bits per heavy atom. The second-order valence-corrected chi connectivity index (χ2v) is 7.10. The summed E-state index contributed by atoms with van der Waals surface area (Å²) in [5, 5.41) is 8.88. The van der Waals surface area contributed by atoms with Gasteiger partial charge in [0.2, 0.25) is 5.91 Å². The molecule has 0 atom stereocenters.